The lowest BCUT2D eigenvalue weighted by molar-refractivity contribution is -0.126. The largest absolute Gasteiger partial charge is 0.457 e. The van der Waals surface area contributed by atoms with Gasteiger partial charge in [0.2, 0.25) is 11.8 Å². The number of nitrogens with one attached hydrogen (secondary N) is 2. The first-order valence-corrected chi connectivity index (χ1v) is 33.9. The van der Waals surface area contributed by atoms with E-state index in [2.05, 4.69) is 66.0 Å². The highest BCUT2D eigenvalue weighted by molar-refractivity contribution is 6.45. The molecule has 0 fully saturated rings. The fourth-order valence-corrected chi connectivity index (χ4v) is 13.4. The quantitative estimate of drug-likeness (QED) is 0.0378. The van der Waals surface area contributed by atoms with Crippen LogP contribution in [0.2, 0.25) is 0 Å². The Bertz CT molecular complexity index is 4380. The van der Waals surface area contributed by atoms with Gasteiger partial charge in [0.1, 0.15) is 58.1 Å². The van der Waals surface area contributed by atoms with Crippen LogP contribution in [0.1, 0.15) is 194 Å². The van der Waals surface area contributed by atoms with Crippen molar-refractivity contribution in [1.29, 1.82) is 0 Å². The Hall–Kier alpha value is -10.9. The van der Waals surface area contributed by atoms with E-state index in [0.717, 1.165) is 32.1 Å². The molecule has 0 saturated carbocycles. The minimum Gasteiger partial charge on any atom is -0.457 e. The fourth-order valence-electron chi connectivity index (χ4n) is 13.4. The van der Waals surface area contributed by atoms with Gasteiger partial charge >= 0.3 is 0 Å². The molecule has 0 radical (unpaired) electrons. The molecule has 14 heteroatoms. The number of imide groups is 2. The zero-order chi connectivity index (χ0) is 69.1. The second-order valence-corrected chi connectivity index (χ2v) is 27.9. The Morgan fingerprint density at radius 1 is 0.306 bits per heavy atom. The van der Waals surface area contributed by atoms with Crippen molar-refractivity contribution in [2.24, 2.45) is 11.8 Å². The summed E-state index contributed by atoms with van der Waals surface area (Å²) in [6.45, 7) is 25.2. The molecule has 11 aromatic rings. The van der Waals surface area contributed by atoms with Crippen LogP contribution in [0.4, 0.5) is 0 Å². The molecule has 2 unspecified atom stereocenters. The highest BCUT2D eigenvalue weighted by atomic mass is 16.5. The molecule has 0 aliphatic carbocycles. The van der Waals surface area contributed by atoms with E-state index in [1.165, 1.54) is 0 Å². The Balaban J connectivity index is 1.22. The van der Waals surface area contributed by atoms with Gasteiger partial charge in [-0.05, 0) is 142 Å². The molecule has 0 spiro atoms. The lowest BCUT2D eigenvalue weighted by atomic mass is 9.80. The molecular formula is C84H80N4O10. The Labute approximate surface area is 571 Å². The molecule has 6 amide bonds. The van der Waals surface area contributed by atoms with Crippen molar-refractivity contribution in [3.63, 3.8) is 0 Å². The minimum absolute atomic E-state index is 0.0288. The van der Waals surface area contributed by atoms with E-state index < -0.39 is 47.5 Å². The van der Waals surface area contributed by atoms with Crippen molar-refractivity contribution in [2.75, 3.05) is 13.1 Å². The van der Waals surface area contributed by atoms with Gasteiger partial charge < -0.3 is 29.6 Å². The molecule has 14 nitrogen and oxygen atoms in total. The lowest BCUT2D eigenvalue weighted by Crippen LogP contribution is -2.49. The van der Waals surface area contributed by atoms with E-state index in [1.54, 1.807) is 84.9 Å². The van der Waals surface area contributed by atoms with Crippen LogP contribution < -0.4 is 29.6 Å². The second kappa shape index (κ2) is 26.6. The summed E-state index contributed by atoms with van der Waals surface area (Å²) in [6, 6.07) is 51.8. The predicted molar refractivity (Wildman–Crippen MR) is 385 cm³/mol. The number of rotatable bonds is 22. The first-order chi connectivity index (χ1) is 47.1. The monoisotopic (exact) mass is 1300 g/mol. The number of benzene rings is 11. The summed E-state index contributed by atoms with van der Waals surface area (Å²) in [5.41, 5.74) is 5.14. The van der Waals surface area contributed by atoms with Gasteiger partial charge in [-0.3, -0.25) is 38.6 Å². The maximum atomic E-state index is 16.4. The summed E-state index contributed by atoms with van der Waals surface area (Å²) in [4.78, 5) is 97.6. The van der Waals surface area contributed by atoms with Crippen LogP contribution in [-0.2, 0) is 9.59 Å². The standard InChI is InChI=1S/C84H80N4O10/c1-45(2)43-85-79(89)77(55-19-15-13-16-20-55)87-81(91)61-39-65(95-57-31-23-51(24-32-57)47(5)6)71-73-67(97-59-35-27-53(28-36-59)49(9)10)41-63-70-64(84(94)88(83(63)93)78(56-21-17-14-18-22-56)80(90)86-44-46(3)4)42-68(98-60-37-29-54(30-38-60)50(11)12)74(76(70)73)72-66(40-62(82(87)92)69(61)75(71)72)96-58-33-25-52(26-34-58)48(7)8/h13-42,45-50,77-78H,43-44H2,1-12H3,(H,85,89)(H,86,90). The highest BCUT2D eigenvalue weighted by Crippen LogP contribution is 2.59. The molecule has 11 aromatic carbocycles. The van der Waals surface area contributed by atoms with Crippen LogP contribution in [0, 0.1) is 11.8 Å². The van der Waals surface area contributed by atoms with Gasteiger partial charge in [-0.15, -0.1) is 0 Å². The lowest BCUT2D eigenvalue weighted by Gasteiger charge is -2.36. The SMILES string of the molecule is CC(C)CNC(=O)C(c1ccccc1)N1C(=O)c2cc(Oc3ccc(C(C)C)cc3)c3c4c(Oc5ccc(C(C)C)cc5)cc5c6c(cc(Oc7ccc(C(C)C)cc7)c(c7c(Oc8ccc(C(C)C)cc8)cc(c2c37)C1=O)c64)C(=O)N(C(C(=O)NCC(C)C)c1ccccc1)C5=O. The van der Waals surface area contributed by atoms with Crippen LogP contribution in [0.15, 0.2) is 182 Å². The average Bonchev–Trinajstić information content (AvgIpc) is 0.671. The maximum Gasteiger partial charge on any atom is 0.262 e. The van der Waals surface area contributed by atoms with Gasteiger partial charge in [0.25, 0.3) is 23.6 Å². The zero-order valence-electron chi connectivity index (χ0n) is 57.3. The number of fused-ring (bicyclic) bond motifs is 2. The molecule has 2 heterocycles. The number of hydrogen-bond acceptors (Lipinski definition) is 10. The predicted octanol–water partition coefficient (Wildman–Crippen LogP) is 19.6. The molecule has 98 heavy (non-hydrogen) atoms. The Morgan fingerprint density at radius 2 is 0.541 bits per heavy atom. The molecule has 2 N–H and O–H groups in total. The van der Waals surface area contributed by atoms with Gasteiger partial charge in [-0.2, -0.15) is 0 Å². The number of amides is 6. The molecule has 2 aliphatic rings. The van der Waals surface area contributed by atoms with Crippen LogP contribution in [0.25, 0.3) is 43.1 Å². The van der Waals surface area contributed by atoms with E-state index in [0.29, 0.717) is 66.4 Å². The summed E-state index contributed by atoms with van der Waals surface area (Å²) in [6.07, 6.45) is 0. The van der Waals surface area contributed by atoms with Gasteiger partial charge in [0.15, 0.2) is 0 Å². The maximum absolute atomic E-state index is 16.4. The van der Waals surface area contributed by atoms with Gasteiger partial charge in [-0.1, -0.05) is 192 Å². The third-order valence-electron chi connectivity index (χ3n) is 18.7. The minimum atomic E-state index is -1.44. The summed E-state index contributed by atoms with van der Waals surface area (Å²) in [7, 11) is 0. The van der Waals surface area contributed by atoms with Crippen LogP contribution >= 0.6 is 0 Å². The van der Waals surface area contributed by atoms with Gasteiger partial charge in [0, 0.05) is 56.2 Å². The van der Waals surface area contributed by atoms with Gasteiger partial charge in [-0.25, -0.2) is 0 Å². The number of carbonyl (C=O) groups excluding carboxylic acids is 6. The van der Waals surface area contributed by atoms with E-state index >= 15 is 19.2 Å². The third kappa shape index (κ3) is 12.1. The summed E-state index contributed by atoms with van der Waals surface area (Å²) >= 11 is 0. The molecule has 0 aromatic heterocycles. The Morgan fingerprint density at radius 3 is 0.755 bits per heavy atom. The van der Waals surface area contributed by atoms with Crippen LogP contribution in [0.5, 0.6) is 46.0 Å². The summed E-state index contributed by atoms with van der Waals surface area (Å²) in [5.74, 6) is -1.42. The van der Waals surface area contributed by atoms with E-state index in [4.69, 9.17) is 18.9 Å². The number of ether oxygens (including phenoxy) is 4. The number of nitrogens with zero attached hydrogens (tertiary/aromatic N) is 2. The molecule has 2 aliphatic heterocycles. The average molecular weight is 1310 g/mol. The van der Waals surface area contributed by atoms with Crippen molar-refractivity contribution in [1.82, 2.24) is 20.4 Å². The summed E-state index contributed by atoms with van der Waals surface area (Å²) < 4.78 is 29.2. The first-order valence-electron chi connectivity index (χ1n) is 33.9. The normalized spacial score (nSPS) is 13.8. The first kappa shape index (κ1) is 65.8. The van der Waals surface area contributed by atoms with Gasteiger partial charge in [0.05, 0.1) is 22.3 Å². The topological polar surface area (TPSA) is 170 Å². The molecular weight excluding hydrogens is 1220 g/mol. The summed E-state index contributed by atoms with van der Waals surface area (Å²) in [5, 5.41) is 8.44. The van der Waals surface area contributed by atoms with Crippen molar-refractivity contribution in [3.05, 3.63) is 238 Å². The van der Waals surface area contributed by atoms with Crippen molar-refractivity contribution >= 4 is 78.5 Å². The van der Waals surface area contributed by atoms with E-state index in [1.807, 2.05) is 125 Å². The fraction of sp³-hybridized carbons (Fsp3) is 0.262. The third-order valence-corrected chi connectivity index (χ3v) is 18.7. The van der Waals surface area contributed by atoms with Crippen LogP contribution in [-0.4, -0.2) is 58.3 Å². The van der Waals surface area contributed by atoms with Crippen LogP contribution in [0.3, 0.4) is 0 Å². The van der Waals surface area contributed by atoms with Crippen molar-refractivity contribution in [2.45, 2.75) is 119 Å². The number of hydrogen-bond donors (Lipinski definition) is 2. The Kier molecular flexibility index (Phi) is 17.9. The number of carbonyl (C=O) groups is 6. The molecule has 2 atom stereocenters. The van der Waals surface area contributed by atoms with E-state index in [9.17, 15) is 9.59 Å². The second-order valence-electron chi connectivity index (χ2n) is 27.9. The highest BCUT2D eigenvalue weighted by Gasteiger charge is 2.47. The molecule has 496 valence electrons. The van der Waals surface area contributed by atoms with Crippen molar-refractivity contribution < 1.29 is 47.7 Å². The zero-order valence-corrected chi connectivity index (χ0v) is 57.3. The van der Waals surface area contributed by atoms with Crippen molar-refractivity contribution in [3.8, 4) is 46.0 Å². The van der Waals surface area contributed by atoms with E-state index in [-0.39, 0.29) is 105 Å². The molecule has 0 bridgehead atoms. The molecule has 0 saturated heterocycles. The smallest absolute Gasteiger partial charge is 0.262 e. The molecule has 13 rings (SSSR count).